The minimum atomic E-state index is -0.901. The Labute approximate surface area is 213 Å². The molecule has 0 radical (unpaired) electrons. The Bertz CT molecular complexity index is 1050. The highest BCUT2D eigenvalue weighted by Gasteiger charge is 2.37. The third kappa shape index (κ3) is 6.52. The number of nitrogens with one attached hydrogen (secondary N) is 2. The lowest BCUT2D eigenvalue weighted by Gasteiger charge is -2.26. The summed E-state index contributed by atoms with van der Waals surface area (Å²) in [6.45, 7) is 5.98. The first kappa shape index (κ1) is 28.1. The normalized spacial score (nSPS) is 16.2. The van der Waals surface area contributed by atoms with E-state index < -0.39 is 12.1 Å². The van der Waals surface area contributed by atoms with E-state index in [2.05, 4.69) is 10.6 Å². The second-order valence-electron chi connectivity index (χ2n) is 8.90. The summed E-state index contributed by atoms with van der Waals surface area (Å²) in [7, 11) is 3.27. The first-order chi connectivity index (χ1) is 16.3. The van der Waals surface area contributed by atoms with Crippen LogP contribution in [-0.4, -0.2) is 50.5 Å². The second-order valence-corrected chi connectivity index (χ2v) is 8.90. The Hall–Kier alpha value is -3.10. The van der Waals surface area contributed by atoms with Gasteiger partial charge in [0.2, 0.25) is 11.8 Å². The highest BCUT2D eigenvalue weighted by Crippen LogP contribution is 2.35. The lowest BCUT2D eigenvalue weighted by molar-refractivity contribution is -0.128. The largest absolute Gasteiger partial charge is 0.496 e. The van der Waals surface area contributed by atoms with E-state index in [-0.39, 0.29) is 49.1 Å². The number of carbonyl (C=O) groups excluding carboxylic acids is 3. The number of likely N-dealkylation sites (N-methyl/N-ethyl adjacent to an activating group) is 1. The van der Waals surface area contributed by atoms with Crippen molar-refractivity contribution in [3.8, 4) is 5.75 Å². The number of halogens is 1. The molecule has 0 aliphatic carbocycles. The SMILES string of the molecule is CN[C@@H](C)C(=O)N[C@H]1CN(C(=O)CC(C)C)c2ccccc2N(Cc2ccccc2OC)C1=O.Cl. The number of benzene rings is 2. The number of nitrogens with zero attached hydrogens (tertiary/aromatic N) is 2. The Morgan fingerprint density at radius 1 is 1.06 bits per heavy atom. The van der Waals surface area contributed by atoms with Crippen LogP contribution < -0.4 is 25.2 Å². The minimum Gasteiger partial charge on any atom is -0.496 e. The van der Waals surface area contributed by atoms with Gasteiger partial charge in [-0.25, -0.2) is 0 Å². The van der Waals surface area contributed by atoms with Crippen LogP contribution in [-0.2, 0) is 20.9 Å². The van der Waals surface area contributed by atoms with Crippen molar-refractivity contribution in [2.24, 2.45) is 5.92 Å². The van der Waals surface area contributed by atoms with Crippen molar-refractivity contribution < 1.29 is 19.1 Å². The minimum absolute atomic E-state index is 0. The smallest absolute Gasteiger partial charge is 0.251 e. The summed E-state index contributed by atoms with van der Waals surface area (Å²) in [5.41, 5.74) is 2.09. The van der Waals surface area contributed by atoms with Gasteiger partial charge in [0.25, 0.3) is 5.91 Å². The number of amides is 3. The molecule has 3 rings (SSSR count). The highest BCUT2D eigenvalue weighted by atomic mass is 35.5. The zero-order chi connectivity index (χ0) is 24.8. The first-order valence-electron chi connectivity index (χ1n) is 11.6. The monoisotopic (exact) mass is 502 g/mol. The van der Waals surface area contributed by atoms with Gasteiger partial charge >= 0.3 is 0 Å². The number of hydrogen-bond donors (Lipinski definition) is 2. The predicted molar refractivity (Wildman–Crippen MR) is 140 cm³/mol. The molecule has 0 saturated carbocycles. The zero-order valence-electron chi connectivity index (χ0n) is 20.9. The topological polar surface area (TPSA) is 91.0 Å². The van der Waals surface area contributed by atoms with Crippen molar-refractivity contribution in [1.29, 1.82) is 0 Å². The lowest BCUT2D eigenvalue weighted by atomic mass is 10.1. The number of fused-ring (bicyclic) bond motifs is 1. The van der Waals surface area contributed by atoms with Crippen LogP contribution in [0.2, 0.25) is 0 Å². The van der Waals surface area contributed by atoms with Crippen molar-refractivity contribution in [3.05, 3.63) is 54.1 Å². The van der Waals surface area contributed by atoms with Crippen LogP contribution in [0.5, 0.6) is 5.75 Å². The van der Waals surface area contributed by atoms with Gasteiger partial charge in [0.15, 0.2) is 0 Å². The molecule has 0 bridgehead atoms. The van der Waals surface area contributed by atoms with E-state index in [1.165, 1.54) is 0 Å². The number of anilines is 2. The molecule has 9 heteroatoms. The first-order valence-corrected chi connectivity index (χ1v) is 11.6. The maximum atomic E-state index is 13.9. The van der Waals surface area contributed by atoms with Crippen LogP contribution in [0.4, 0.5) is 11.4 Å². The molecule has 2 N–H and O–H groups in total. The summed E-state index contributed by atoms with van der Waals surface area (Å²) < 4.78 is 5.50. The van der Waals surface area contributed by atoms with Crippen molar-refractivity contribution >= 4 is 41.5 Å². The van der Waals surface area contributed by atoms with Gasteiger partial charge in [-0.05, 0) is 38.1 Å². The Kier molecular flexibility index (Phi) is 10.1. The van der Waals surface area contributed by atoms with Gasteiger partial charge in [-0.3, -0.25) is 14.4 Å². The fourth-order valence-electron chi connectivity index (χ4n) is 3.98. The Balaban J connectivity index is 0.00000432. The van der Waals surface area contributed by atoms with Crippen LogP contribution in [0.15, 0.2) is 48.5 Å². The highest BCUT2D eigenvalue weighted by molar-refractivity contribution is 6.08. The molecule has 1 aliphatic rings. The summed E-state index contributed by atoms with van der Waals surface area (Å²) in [6, 6.07) is 13.5. The van der Waals surface area contributed by atoms with E-state index in [0.717, 1.165) is 5.56 Å². The Morgan fingerprint density at radius 3 is 2.31 bits per heavy atom. The maximum absolute atomic E-state index is 13.9. The van der Waals surface area contributed by atoms with Crippen LogP contribution in [0.3, 0.4) is 0 Å². The summed E-state index contributed by atoms with van der Waals surface area (Å²) in [6.07, 6.45) is 0.336. The molecular formula is C26H35ClN4O4. The average Bonchev–Trinajstić information content (AvgIpc) is 2.94. The number of rotatable bonds is 8. The number of para-hydroxylation sites is 3. The van der Waals surface area contributed by atoms with Crippen molar-refractivity contribution in [2.45, 2.75) is 45.8 Å². The standard InChI is InChI=1S/C26H34N4O4.ClH/c1-17(2)14-24(31)29-16-20(28-25(32)18(3)27-4)26(33)30(22-12-8-7-11-21(22)29)15-19-10-6-9-13-23(19)34-5;/h6-13,17-18,20,27H,14-16H2,1-5H3,(H,28,32);1H/t18-,20-;/m0./s1. The Morgan fingerprint density at radius 2 is 1.69 bits per heavy atom. The van der Waals surface area contributed by atoms with Gasteiger partial charge < -0.3 is 25.2 Å². The molecule has 0 spiro atoms. The number of methoxy groups -OCH3 is 1. The van der Waals surface area contributed by atoms with Crippen molar-refractivity contribution in [2.75, 3.05) is 30.5 Å². The molecule has 2 atom stereocenters. The third-order valence-corrected chi connectivity index (χ3v) is 5.94. The molecule has 0 unspecified atom stereocenters. The molecule has 1 aliphatic heterocycles. The predicted octanol–water partition coefficient (Wildman–Crippen LogP) is 3.14. The molecule has 35 heavy (non-hydrogen) atoms. The number of ether oxygens (including phenoxy) is 1. The summed E-state index contributed by atoms with van der Waals surface area (Å²) in [5, 5.41) is 5.75. The summed E-state index contributed by atoms with van der Waals surface area (Å²) in [5.74, 6) is 0.139. The summed E-state index contributed by atoms with van der Waals surface area (Å²) >= 11 is 0. The van der Waals surface area contributed by atoms with Gasteiger partial charge in [-0.15, -0.1) is 12.4 Å². The van der Waals surface area contributed by atoms with E-state index in [1.54, 1.807) is 30.9 Å². The summed E-state index contributed by atoms with van der Waals surface area (Å²) in [4.78, 5) is 43.1. The van der Waals surface area contributed by atoms with E-state index in [9.17, 15) is 14.4 Å². The van der Waals surface area contributed by atoms with Crippen molar-refractivity contribution in [3.63, 3.8) is 0 Å². The maximum Gasteiger partial charge on any atom is 0.251 e. The molecule has 190 valence electrons. The number of hydrogen-bond acceptors (Lipinski definition) is 5. The second kappa shape index (κ2) is 12.6. The molecule has 0 aromatic heterocycles. The van der Waals surface area contributed by atoms with Gasteiger partial charge in [0, 0.05) is 12.0 Å². The van der Waals surface area contributed by atoms with Gasteiger partial charge in [-0.1, -0.05) is 44.2 Å². The van der Waals surface area contributed by atoms with E-state index in [1.807, 2.05) is 62.4 Å². The van der Waals surface area contributed by atoms with Crippen LogP contribution >= 0.6 is 12.4 Å². The van der Waals surface area contributed by atoms with Crippen LogP contribution in [0, 0.1) is 5.92 Å². The quantitative estimate of drug-likeness (QED) is 0.578. The molecule has 1 heterocycles. The fourth-order valence-corrected chi connectivity index (χ4v) is 3.98. The third-order valence-electron chi connectivity index (χ3n) is 5.94. The molecule has 0 saturated heterocycles. The van der Waals surface area contributed by atoms with E-state index >= 15 is 0 Å². The molecule has 0 fully saturated rings. The average molecular weight is 503 g/mol. The van der Waals surface area contributed by atoms with Gasteiger partial charge in [0.05, 0.1) is 37.6 Å². The molecule has 3 amide bonds. The van der Waals surface area contributed by atoms with E-state index in [4.69, 9.17) is 4.74 Å². The molecule has 8 nitrogen and oxygen atoms in total. The van der Waals surface area contributed by atoms with Gasteiger partial charge in [-0.2, -0.15) is 0 Å². The molecule has 2 aromatic rings. The fraction of sp³-hybridized carbons (Fsp3) is 0.423. The van der Waals surface area contributed by atoms with Crippen molar-refractivity contribution in [1.82, 2.24) is 10.6 Å². The van der Waals surface area contributed by atoms with Crippen LogP contribution in [0.1, 0.15) is 32.8 Å². The zero-order valence-corrected chi connectivity index (χ0v) is 21.7. The molecule has 2 aromatic carbocycles. The molecular weight excluding hydrogens is 468 g/mol. The van der Waals surface area contributed by atoms with E-state index in [0.29, 0.717) is 23.5 Å². The van der Waals surface area contributed by atoms with Crippen LogP contribution in [0.25, 0.3) is 0 Å². The lowest BCUT2D eigenvalue weighted by Crippen LogP contribution is -2.55. The van der Waals surface area contributed by atoms with Gasteiger partial charge in [0.1, 0.15) is 11.8 Å². The number of carbonyl (C=O) groups is 3.